The number of rotatable bonds is 6. The van der Waals surface area contributed by atoms with Gasteiger partial charge in [-0.2, -0.15) is 0 Å². The van der Waals surface area contributed by atoms with E-state index in [1.807, 2.05) is 13.8 Å². The summed E-state index contributed by atoms with van der Waals surface area (Å²) < 4.78 is 0. The molecule has 2 N–H and O–H groups in total. The molecule has 1 atom stereocenters. The van der Waals surface area contributed by atoms with E-state index in [4.69, 9.17) is 5.73 Å². The number of nitro benzene ring substituents is 1. The van der Waals surface area contributed by atoms with Crippen LogP contribution in [-0.4, -0.2) is 28.8 Å². The zero-order valence-electron chi connectivity index (χ0n) is 12.1. The van der Waals surface area contributed by atoms with Crippen molar-refractivity contribution in [2.24, 2.45) is 11.7 Å². The summed E-state index contributed by atoms with van der Waals surface area (Å²) in [5.74, 6) is 0.130. The topological polar surface area (TPSA) is 89.5 Å². The summed E-state index contributed by atoms with van der Waals surface area (Å²) in [5, 5.41) is 10.9. The maximum atomic E-state index is 12.1. The SMILES string of the molecule is CC(C)C[C@H](N)C(=O)N(C)Cc1ccccc1[N+](=O)[O-]. The van der Waals surface area contributed by atoms with E-state index < -0.39 is 11.0 Å². The molecule has 1 rings (SSSR count). The third kappa shape index (κ3) is 4.31. The summed E-state index contributed by atoms with van der Waals surface area (Å²) in [7, 11) is 1.61. The Morgan fingerprint density at radius 3 is 2.55 bits per heavy atom. The van der Waals surface area contributed by atoms with Gasteiger partial charge in [-0.1, -0.05) is 32.0 Å². The van der Waals surface area contributed by atoms with E-state index in [-0.39, 0.29) is 18.1 Å². The molecule has 0 heterocycles. The fourth-order valence-electron chi connectivity index (χ4n) is 2.05. The molecule has 0 saturated carbocycles. The Bertz CT molecular complexity index is 488. The number of hydrogen-bond acceptors (Lipinski definition) is 4. The molecule has 110 valence electrons. The van der Waals surface area contributed by atoms with Gasteiger partial charge in [-0.15, -0.1) is 0 Å². The molecule has 1 amide bonds. The van der Waals surface area contributed by atoms with Gasteiger partial charge in [0.25, 0.3) is 5.69 Å². The van der Waals surface area contributed by atoms with Crippen LogP contribution in [0.2, 0.25) is 0 Å². The first-order valence-corrected chi connectivity index (χ1v) is 6.55. The Morgan fingerprint density at radius 2 is 2.00 bits per heavy atom. The van der Waals surface area contributed by atoms with Crippen molar-refractivity contribution in [3.05, 3.63) is 39.9 Å². The van der Waals surface area contributed by atoms with E-state index in [0.717, 1.165) is 0 Å². The van der Waals surface area contributed by atoms with Crippen LogP contribution >= 0.6 is 0 Å². The van der Waals surface area contributed by atoms with Crippen molar-refractivity contribution in [3.8, 4) is 0 Å². The molecule has 0 bridgehead atoms. The van der Waals surface area contributed by atoms with Crippen LogP contribution in [0.15, 0.2) is 24.3 Å². The fourth-order valence-corrected chi connectivity index (χ4v) is 2.05. The Labute approximate surface area is 118 Å². The number of carbonyl (C=O) groups excluding carboxylic acids is 1. The van der Waals surface area contributed by atoms with E-state index in [9.17, 15) is 14.9 Å². The molecular formula is C14H21N3O3. The first-order valence-electron chi connectivity index (χ1n) is 6.55. The molecule has 0 spiro atoms. The average Bonchev–Trinajstić information content (AvgIpc) is 2.37. The number of para-hydroxylation sites is 1. The fraction of sp³-hybridized carbons (Fsp3) is 0.500. The largest absolute Gasteiger partial charge is 0.340 e. The normalized spacial score (nSPS) is 12.2. The average molecular weight is 279 g/mol. The van der Waals surface area contributed by atoms with Crippen LogP contribution in [0.5, 0.6) is 0 Å². The van der Waals surface area contributed by atoms with Gasteiger partial charge in [0.15, 0.2) is 0 Å². The van der Waals surface area contributed by atoms with Crippen LogP contribution in [0.1, 0.15) is 25.8 Å². The number of likely N-dealkylation sites (N-methyl/N-ethyl adjacent to an activating group) is 1. The molecule has 1 aromatic rings. The van der Waals surface area contributed by atoms with Gasteiger partial charge < -0.3 is 10.6 Å². The minimum absolute atomic E-state index is 0.0181. The van der Waals surface area contributed by atoms with Gasteiger partial charge in [0.1, 0.15) is 0 Å². The molecule has 0 fully saturated rings. The van der Waals surface area contributed by atoms with Crippen LogP contribution in [-0.2, 0) is 11.3 Å². The summed E-state index contributed by atoms with van der Waals surface area (Å²) in [6, 6.07) is 5.84. The monoisotopic (exact) mass is 279 g/mol. The molecule has 0 aliphatic rings. The molecule has 0 unspecified atom stereocenters. The predicted molar refractivity (Wildman–Crippen MR) is 77.0 cm³/mol. The van der Waals surface area contributed by atoms with E-state index >= 15 is 0 Å². The van der Waals surface area contributed by atoms with Gasteiger partial charge in [0, 0.05) is 18.7 Å². The van der Waals surface area contributed by atoms with E-state index in [2.05, 4.69) is 0 Å². The quantitative estimate of drug-likeness (QED) is 0.636. The minimum Gasteiger partial charge on any atom is -0.340 e. The van der Waals surface area contributed by atoms with Crippen LogP contribution in [0.4, 0.5) is 5.69 Å². The number of benzene rings is 1. The lowest BCUT2D eigenvalue weighted by molar-refractivity contribution is -0.385. The van der Waals surface area contributed by atoms with Crippen molar-refractivity contribution in [1.29, 1.82) is 0 Å². The summed E-state index contributed by atoms with van der Waals surface area (Å²) in [4.78, 5) is 24.0. The van der Waals surface area contributed by atoms with Crippen molar-refractivity contribution < 1.29 is 9.72 Å². The summed E-state index contributed by atoms with van der Waals surface area (Å²) >= 11 is 0. The van der Waals surface area contributed by atoms with Gasteiger partial charge in [0.2, 0.25) is 5.91 Å². The molecule has 0 aliphatic heterocycles. The predicted octanol–water partition coefficient (Wildman–Crippen LogP) is 1.93. The Morgan fingerprint density at radius 1 is 1.40 bits per heavy atom. The highest BCUT2D eigenvalue weighted by Crippen LogP contribution is 2.19. The van der Waals surface area contributed by atoms with Crippen LogP contribution in [0.3, 0.4) is 0 Å². The van der Waals surface area contributed by atoms with Gasteiger partial charge in [-0.3, -0.25) is 14.9 Å². The maximum Gasteiger partial charge on any atom is 0.274 e. The Kier molecular flexibility index (Phi) is 5.64. The van der Waals surface area contributed by atoms with E-state index in [0.29, 0.717) is 17.9 Å². The third-order valence-corrected chi connectivity index (χ3v) is 3.01. The van der Waals surface area contributed by atoms with Gasteiger partial charge in [0.05, 0.1) is 17.5 Å². The molecule has 0 saturated heterocycles. The lowest BCUT2D eigenvalue weighted by atomic mass is 10.0. The highest BCUT2D eigenvalue weighted by molar-refractivity contribution is 5.81. The highest BCUT2D eigenvalue weighted by atomic mass is 16.6. The van der Waals surface area contributed by atoms with E-state index in [1.54, 1.807) is 25.2 Å². The number of carbonyl (C=O) groups is 1. The number of nitrogens with two attached hydrogens (primary N) is 1. The standard InChI is InChI=1S/C14H21N3O3/c1-10(2)8-12(15)14(18)16(3)9-11-6-4-5-7-13(11)17(19)20/h4-7,10,12H,8-9,15H2,1-3H3/t12-/m0/s1. The first kappa shape index (κ1) is 16.1. The van der Waals surface area contributed by atoms with Crippen molar-refractivity contribution in [3.63, 3.8) is 0 Å². The Hall–Kier alpha value is -1.95. The van der Waals surface area contributed by atoms with Crippen LogP contribution in [0.25, 0.3) is 0 Å². The van der Waals surface area contributed by atoms with Crippen molar-refractivity contribution >= 4 is 11.6 Å². The maximum absolute atomic E-state index is 12.1. The van der Waals surface area contributed by atoms with Crippen LogP contribution < -0.4 is 5.73 Å². The minimum atomic E-state index is -0.567. The Balaban J connectivity index is 2.78. The molecule has 0 aromatic heterocycles. The molecule has 6 heteroatoms. The smallest absolute Gasteiger partial charge is 0.274 e. The lowest BCUT2D eigenvalue weighted by Gasteiger charge is -2.22. The van der Waals surface area contributed by atoms with Crippen molar-refractivity contribution in [1.82, 2.24) is 4.90 Å². The second-order valence-electron chi connectivity index (χ2n) is 5.32. The number of nitro groups is 1. The van der Waals surface area contributed by atoms with Crippen molar-refractivity contribution in [2.75, 3.05) is 7.05 Å². The van der Waals surface area contributed by atoms with E-state index in [1.165, 1.54) is 11.0 Å². The second kappa shape index (κ2) is 7.00. The summed E-state index contributed by atoms with van der Waals surface area (Å²) in [6.07, 6.45) is 0.597. The molecule has 0 radical (unpaired) electrons. The summed E-state index contributed by atoms with van der Waals surface area (Å²) in [5.41, 5.74) is 6.37. The highest BCUT2D eigenvalue weighted by Gasteiger charge is 2.21. The zero-order valence-corrected chi connectivity index (χ0v) is 12.1. The molecule has 20 heavy (non-hydrogen) atoms. The molecule has 1 aromatic carbocycles. The second-order valence-corrected chi connectivity index (χ2v) is 5.32. The van der Waals surface area contributed by atoms with Gasteiger partial charge in [-0.25, -0.2) is 0 Å². The zero-order chi connectivity index (χ0) is 15.3. The number of nitrogens with zero attached hydrogens (tertiary/aromatic N) is 2. The third-order valence-electron chi connectivity index (χ3n) is 3.01. The summed E-state index contributed by atoms with van der Waals surface area (Å²) in [6.45, 7) is 4.17. The van der Waals surface area contributed by atoms with Crippen LogP contribution in [0, 0.1) is 16.0 Å². The molecule has 6 nitrogen and oxygen atoms in total. The molecule has 0 aliphatic carbocycles. The lowest BCUT2D eigenvalue weighted by Crippen LogP contribution is -2.42. The van der Waals surface area contributed by atoms with Gasteiger partial charge >= 0.3 is 0 Å². The number of amides is 1. The number of hydrogen-bond donors (Lipinski definition) is 1. The van der Waals surface area contributed by atoms with Crippen molar-refractivity contribution in [2.45, 2.75) is 32.9 Å². The van der Waals surface area contributed by atoms with Gasteiger partial charge in [-0.05, 0) is 12.3 Å². The first-order chi connectivity index (χ1) is 9.32. The molecular weight excluding hydrogens is 258 g/mol.